The molecule has 2 bridgehead atoms. The van der Waals surface area contributed by atoms with Gasteiger partial charge in [-0.1, -0.05) is 39.0 Å². The molecule has 1 aliphatic heterocycles. The molecular formula is C27H37N3O. The van der Waals surface area contributed by atoms with Crippen molar-refractivity contribution in [2.75, 3.05) is 7.11 Å². The SMILES string of the molecule is CCCCC1CCCCCCc2cc1c(C=C1N=C(c3ccc[nH]3)C=C1OC)n2CC. The zero-order chi connectivity index (χ0) is 21.6. The Morgan fingerprint density at radius 1 is 1.23 bits per heavy atom. The quantitative estimate of drug-likeness (QED) is 0.516. The molecule has 1 unspecified atom stereocenters. The van der Waals surface area contributed by atoms with Crippen molar-refractivity contribution in [3.63, 3.8) is 0 Å². The largest absolute Gasteiger partial charge is 0.494 e. The first kappa shape index (κ1) is 21.7. The second-order valence-electron chi connectivity index (χ2n) is 8.84. The van der Waals surface area contributed by atoms with E-state index in [4.69, 9.17) is 9.73 Å². The molecule has 1 atom stereocenters. The predicted octanol–water partition coefficient (Wildman–Crippen LogP) is 6.99. The van der Waals surface area contributed by atoms with E-state index in [-0.39, 0.29) is 0 Å². The summed E-state index contributed by atoms with van der Waals surface area (Å²) in [5, 5.41) is 0. The maximum Gasteiger partial charge on any atom is 0.146 e. The summed E-state index contributed by atoms with van der Waals surface area (Å²) < 4.78 is 8.26. The van der Waals surface area contributed by atoms with Crippen molar-refractivity contribution >= 4 is 11.8 Å². The smallest absolute Gasteiger partial charge is 0.146 e. The number of aromatic amines is 1. The summed E-state index contributed by atoms with van der Waals surface area (Å²) in [6, 6.07) is 6.58. The van der Waals surface area contributed by atoms with E-state index in [1.165, 1.54) is 74.7 Å². The Labute approximate surface area is 187 Å². The van der Waals surface area contributed by atoms with Gasteiger partial charge in [0, 0.05) is 30.2 Å². The summed E-state index contributed by atoms with van der Waals surface area (Å²) in [5.74, 6) is 1.48. The van der Waals surface area contributed by atoms with Crippen LogP contribution >= 0.6 is 0 Å². The first-order valence-corrected chi connectivity index (χ1v) is 12.2. The molecule has 0 saturated carbocycles. The molecule has 0 aromatic carbocycles. The van der Waals surface area contributed by atoms with Crippen LogP contribution < -0.4 is 0 Å². The number of rotatable bonds is 7. The number of nitrogens with zero attached hydrogens (tertiary/aromatic N) is 2. The van der Waals surface area contributed by atoms with Crippen LogP contribution in [0, 0.1) is 0 Å². The van der Waals surface area contributed by atoms with Crippen LogP contribution in [-0.2, 0) is 17.7 Å². The van der Waals surface area contributed by atoms with Crippen molar-refractivity contribution in [1.82, 2.24) is 9.55 Å². The van der Waals surface area contributed by atoms with E-state index < -0.39 is 0 Å². The number of hydrogen-bond acceptors (Lipinski definition) is 2. The van der Waals surface area contributed by atoms with Crippen LogP contribution in [0.5, 0.6) is 0 Å². The van der Waals surface area contributed by atoms with Gasteiger partial charge in [-0.2, -0.15) is 0 Å². The molecule has 1 aliphatic carbocycles. The molecule has 0 saturated heterocycles. The number of ether oxygens (including phenoxy) is 1. The first-order chi connectivity index (χ1) is 15.2. The summed E-state index contributed by atoms with van der Waals surface area (Å²) in [6.45, 7) is 5.57. The van der Waals surface area contributed by atoms with Gasteiger partial charge in [0.2, 0.25) is 0 Å². The minimum Gasteiger partial charge on any atom is -0.494 e. The summed E-state index contributed by atoms with van der Waals surface area (Å²) in [4.78, 5) is 8.21. The second kappa shape index (κ2) is 10.2. The second-order valence-corrected chi connectivity index (χ2v) is 8.84. The number of hydrogen-bond donors (Lipinski definition) is 1. The molecule has 2 aromatic rings. The van der Waals surface area contributed by atoms with E-state index in [1.807, 2.05) is 18.3 Å². The minimum atomic E-state index is 0.639. The monoisotopic (exact) mass is 419 g/mol. The average molecular weight is 420 g/mol. The summed E-state index contributed by atoms with van der Waals surface area (Å²) >= 11 is 0. The van der Waals surface area contributed by atoms with Crippen molar-refractivity contribution < 1.29 is 4.74 Å². The zero-order valence-electron chi connectivity index (χ0n) is 19.4. The van der Waals surface area contributed by atoms with E-state index in [9.17, 15) is 0 Å². The van der Waals surface area contributed by atoms with Gasteiger partial charge in [-0.25, -0.2) is 4.99 Å². The maximum absolute atomic E-state index is 5.73. The van der Waals surface area contributed by atoms with E-state index in [0.29, 0.717) is 5.92 Å². The molecule has 166 valence electrons. The van der Waals surface area contributed by atoms with E-state index in [2.05, 4.69) is 41.6 Å². The lowest BCUT2D eigenvalue weighted by Gasteiger charge is -2.18. The lowest BCUT2D eigenvalue weighted by Crippen LogP contribution is -2.05. The normalized spacial score (nSPS) is 20.6. The number of H-pyrrole nitrogens is 1. The highest BCUT2D eigenvalue weighted by atomic mass is 16.5. The standard InChI is InChI=1S/C27H37N3O/c1-4-6-12-20-13-9-7-8-10-14-21-17-22(20)26(30(21)5-2)18-25-27(31-3)19-24(29-25)23-15-11-16-28-23/h11,15-20,28H,4-10,12-14H2,1-3H3. The van der Waals surface area contributed by atoms with Crippen LogP contribution in [0.15, 0.2) is 46.9 Å². The Kier molecular flexibility index (Phi) is 7.16. The molecule has 2 aliphatic rings. The van der Waals surface area contributed by atoms with Gasteiger partial charge in [-0.3, -0.25) is 0 Å². The summed E-state index contributed by atoms with van der Waals surface area (Å²) in [5.41, 5.74) is 7.24. The van der Waals surface area contributed by atoms with Gasteiger partial charge < -0.3 is 14.3 Å². The number of unbranched alkanes of at least 4 members (excludes halogenated alkanes) is 1. The first-order valence-electron chi connectivity index (χ1n) is 12.2. The Morgan fingerprint density at radius 2 is 2.10 bits per heavy atom. The van der Waals surface area contributed by atoms with Gasteiger partial charge in [0.05, 0.1) is 18.5 Å². The highest BCUT2D eigenvalue weighted by molar-refractivity contribution is 6.11. The highest BCUT2D eigenvalue weighted by Gasteiger charge is 2.24. The zero-order valence-corrected chi connectivity index (χ0v) is 19.4. The van der Waals surface area contributed by atoms with Gasteiger partial charge >= 0.3 is 0 Å². The van der Waals surface area contributed by atoms with E-state index in [0.717, 1.165) is 29.4 Å². The number of aliphatic imine (C=N–C) groups is 1. The van der Waals surface area contributed by atoms with E-state index in [1.54, 1.807) is 7.11 Å². The molecule has 0 radical (unpaired) electrons. The van der Waals surface area contributed by atoms with Crippen LogP contribution in [-0.4, -0.2) is 22.4 Å². The minimum absolute atomic E-state index is 0.639. The van der Waals surface area contributed by atoms with Crippen molar-refractivity contribution in [2.45, 2.75) is 84.1 Å². The molecule has 4 heteroatoms. The number of fused-ring (bicyclic) bond motifs is 2. The van der Waals surface area contributed by atoms with Crippen LogP contribution in [0.2, 0.25) is 0 Å². The fourth-order valence-corrected chi connectivity index (χ4v) is 5.11. The number of allylic oxidation sites excluding steroid dienone is 1. The van der Waals surface area contributed by atoms with Gasteiger partial charge in [-0.15, -0.1) is 0 Å². The van der Waals surface area contributed by atoms with Gasteiger partial charge in [0.25, 0.3) is 0 Å². The van der Waals surface area contributed by atoms with Crippen LogP contribution in [0.4, 0.5) is 0 Å². The molecular weight excluding hydrogens is 382 g/mol. The van der Waals surface area contributed by atoms with E-state index >= 15 is 0 Å². The van der Waals surface area contributed by atoms with Crippen molar-refractivity contribution in [1.29, 1.82) is 0 Å². The molecule has 1 N–H and O–H groups in total. The fourth-order valence-electron chi connectivity index (χ4n) is 5.11. The van der Waals surface area contributed by atoms with Gasteiger partial charge in [-0.05, 0) is 68.4 Å². The van der Waals surface area contributed by atoms with Crippen molar-refractivity contribution in [2.24, 2.45) is 4.99 Å². The van der Waals surface area contributed by atoms with Gasteiger partial charge in [0.15, 0.2) is 0 Å². The number of aromatic nitrogens is 2. The summed E-state index contributed by atoms with van der Waals surface area (Å²) in [6.07, 6.45) is 17.9. The third-order valence-electron chi connectivity index (χ3n) is 6.78. The average Bonchev–Trinajstić information content (AvgIpc) is 3.52. The van der Waals surface area contributed by atoms with Crippen molar-refractivity contribution in [3.8, 4) is 0 Å². The third-order valence-corrected chi connectivity index (χ3v) is 6.78. The Balaban J connectivity index is 1.79. The lowest BCUT2D eigenvalue weighted by atomic mass is 9.87. The molecule has 4 rings (SSSR count). The summed E-state index contributed by atoms with van der Waals surface area (Å²) in [7, 11) is 1.74. The lowest BCUT2D eigenvalue weighted by molar-refractivity contribution is 0.303. The molecule has 0 spiro atoms. The Bertz CT molecular complexity index is 959. The molecule has 0 fully saturated rings. The van der Waals surface area contributed by atoms with Crippen LogP contribution in [0.25, 0.3) is 6.08 Å². The topological polar surface area (TPSA) is 42.3 Å². The third kappa shape index (κ3) is 4.73. The highest BCUT2D eigenvalue weighted by Crippen LogP contribution is 2.36. The van der Waals surface area contributed by atoms with Crippen LogP contribution in [0.3, 0.4) is 0 Å². The van der Waals surface area contributed by atoms with Crippen molar-refractivity contribution in [3.05, 3.63) is 64.6 Å². The molecule has 0 amide bonds. The Hall–Kier alpha value is -2.49. The van der Waals surface area contributed by atoms with Gasteiger partial charge in [0.1, 0.15) is 11.5 Å². The number of nitrogens with one attached hydrogen (secondary N) is 1. The Morgan fingerprint density at radius 3 is 2.84 bits per heavy atom. The number of aryl methyl sites for hydroxylation is 1. The molecule has 3 heterocycles. The molecule has 4 nitrogen and oxygen atoms in total. The maximum atomic E-state index is 5.73. The predicted molar refractivity (Wildman–Crippen MR) is 130 cm³/mol. The molecule has 2 aromatic heterocycles. The molecule has 31 heavy (non-hydrogen) atoms. The fraction of sp³-hybridized carbons (Fsp3) is 0.519. The number of methoxy groups -OCH3 is 1. The van der Waals surface area contributed by atoms with Crippen LogP contribution in [0.1, 0.15) is 93.8 Å².